The van der Waals surface area contributed by atoms with Crippen molar-refractivity contribution in [3.63, 3.8) is 0 Å². The summed E-state index contributed by atoms with van der Waals surface area (Å²) in [5, 5.41) is 3.30. The number of nitrogens with one attached hydrogen (secondary N) is 1. The Bertz CT molecular complexity index is 424. The minimum Gasteiger partial charge on any atom is -0.383 e. The van der Waals surface area contributed by atoms with E-state index in [1.807, 2.05) is 13.0 Å². The zero-order valence-corrected chi connectivity index (χ0v) is 12.9. The summed E-state index contributed by atoms with van der Waals surface area (Å²) in [7, 11) is 1.71. The van der Waals surface area contributed by atoms with Crippen molar-refractivity contribution in [3.05, 3.63) is 11.8 Å². The number of aryl methyl sites for hydroxylation is 1. The normalized spacial score (nSPS) is 19.1. The summed E-state index contributed by atoms with van der Waals surface area (Å²) < 4.78 is 5.06. The molecule has 2 heterocycles. The summed E-state index contributed by atoms with van der Waals surface area (Å²) in [5.41, 5.74) is 1.01. The van der Waals surface area contributed by atoms with E-state index in [1.165, 1.54) is 19.3 Å². The standard InChI is InChI=1S/C15H26N4O/c1-4-13-7-5-6-9-19(13)15-17-12(2)11-14(18-15)16-8-10-20-3/h11,13H,4-10H2,1-3H3,(H,16,17,18). The lowest BCUT2D eigenvalue weighted by molar-refractivity contribution is 0.210. The van der Waals surface area contributed by atoms with Crippen LogP contribution in [0.15, 0.2) is 6.07 Å². The first-order chi connectivity index (χ1) is 9.74. The molecule has 0 spiro atoms. The molecule has 1 fully saturated rings. The number of hydrogen-bond donors (Lipinski definition) is 1. The Kier molecular flexibility index (Phi) is 5.59. The van der Waals surface area contributed by atoms with Crippen LogP contribution >= 0.6 is 0 Å². The largest absolute Gasteiger partial charge is 0.383 e. The minimum absolute atomic E-state index is 0.581. The lowest BCUT2D eigenvalue weighted by Gasteiger charge is -2.35. The highest BCUT2D eigenvalue weighted by atomic mass is 16.5. The molecule has 0 aliphatic carbocycles. The summed E-state index contributed by atoms with van der Waals surface area (Å²) >= 11 is 0. The lowest BCUT2D eigenvalue weighted by atomic mass is 10.0. The van der Waals surface area contributed by atoms with Crippen molar-refractivity contribution in [1.82, 2.24) is 9.97 Å². The first kappa shape index (κ1) is 15.0. The molecule has 0 amide bonds. The summed E-state index contributed by atoms with van der Waals surface area (Å²) in [5.74, 6) is 1.77. The number of methoxy groups -OCH3 is 1. The second kappa shape index (κ2) is 7.43. The lowest BCUT2D eigenvalue weighted by Crippen LogP contribution is -2.40. The molecular weight excluding hydrogens is 252 g/mol. The van der Waals surface area contributed by atoms with Crippen LogP contribution in [0.5, 0.6) is 0 Å². The van der Waals surface area contributed by atoms with Crippen LogP contribution in [0.2, 0.25) is 0 Å². The second-order valence-electron chi connectivity index (χ2n) is 5.37. The summed E-state index contributed by atoms with van der Waals surface area (Å²) in [6.07, 6.45) is 4.96. The van der Waals surface area contributed by atoms with Gasteiger partial charge < -0.3 is 15.0 Å². The van der Waals surface area contributed by atoms with Crippen LogP contribution in [0.1, 0.15) is 38.3 Å². The molecule has 5 heteroatoms. The highest BCUT2D eigenvalue weighted by Crippen LogP contribution is 2.24. The number of ether oxygens (including phenoxy) is 1. The van der Waals surface area contributed by atoms with Crippen molar-refractivity contribution < 1.29 is 4.74 Å². The molecule has 0 bridgehead atoms. The van der Waals surface area contributed by atoms with Crippen LogP contribution in [-0.2, 0) is 4.74 Å². The van der Waals surface area contributed by atoms with Gasteiger partial charge in [-0.2, -0.15) is 4.98 Å². The molecule has 1 N–H and O–H groups in total. The quantitative estimate of drug-likeness (QED) is 0.811. The van der Waals surface area contributed by atoms with Crippen molar-refractivity contribution >= 4 is 11.8 Å². The Balaban J connectivity index is 2.13. The highest BCUT2D eigenvalue weighted by Gasteiger charge is 2.23. The molecule has 5 nitrogen and oxygen atoms in total. The fourth-order valence-corrected chi connectivity index (χ4v) is 2.74. The van der Waals surface area contributed by atoms with Crippen LogP contribution in [0.25, 0.3) is 0 Å². The van der Waals surface area contributed by atoms with E-state index < -0.39 is 0 Å². The van der Waals surface area contributed by atoms with Gasteiger partial charge in [-0.05, 0) is 32.6 Å². The van der Waals surface area contributed by atoms with Gasteiger partial charge in [0, 0.05) is 38.0 Å². The van der Waals surface area contributed by atoms with Crippen molar-refractivity contribution in [1.29, 1.82) is 0 Å². The van der Waals surface area contributed by atoms with E-state index in [4.69, 9.17) is 4.74 Å². The third-order valence-electron chi connectivity index (χ3n) is 3.81. The number of nitrogens with zero attached hydrogens (tertiary/aromatic N) is 3. The molecule has 1 aromatic rings. The molecule has 1 aliphatic heterocycles. The smallest absolute Gasteiger partial charge is 0.227 e. The molecule has 20 heavy (non-hydrogen) atoms. The topological polar surface area (TPSA) is 50.3 Å². The molecule has 1 aromatic heterocycles. The van der Waals surface area contributed by atoms with Gasteiger partial charge in [0.25, 0.3) is 0 Å². The predicted molar refractivity (Wildman–Crippen MR) is 82.4 cm³/mol. The Morgan fingerprint density at radius 1 is 1.40 bits per heavy atom. The maximum absolute atomic E-state index is 5.06. The summed E-state index contributed by atoms with van der Waals surface area (Å²) in [4.78, 5) is 11.7. The molecule has 0 radical (unpaired) electrons. The molecule has 1 unspecified atom stereocenters. The number of piperidine rings is 1. The molecule has 1 saturated heterocycles. The Labute approximate surface area is 121 Å². The average molecular weight is 278 g/mol. The monoisotopic (exact) mass is 278 g/mol. The van der Waals surface area contributed by atoms with Gasteiger partial charge in [0.15, 0.2) is 0 Å². The van der Waals surface area contributed by atoms with Crippen molar-refractivity contribution in [2.75, 3.05) is 37.0 Å². The van der Waals surface area contributed by atoms with Gasteiger partial charge in [0.1, 0.15) is 5.82 Å². The molecule has 0 aromatic carbocycles. The third-order valence-corrected chi connectivity index (χ3v) is 3.81. The Hall–Kier alpha value is -1.36. The molecule has 2 rings (SSSR count). The first-order valence-corrected chi connectivity index (χ1v) is 7.59. The van der Waals surface area contributed by atoms with Gasteiger partial charge in [-0.3, -0.25) is 0 Å². The first-order valence-electron chi connectivity index (χ1n) is 7.59. The molecule has 1 aliphatic rings. The second-order valence-corrected chi connectivity index (χ2v) is 5.37. The highest BCUT2D eigenvalue weighted by molar-refractivity contribution is 5.44. The Morgan fingerprint density at radius 2 is 2.25 bits per heavy atom. The van der Waals surface area contributed by atoms with Gasteiger partial charge in [-0.15, -0.1) is 0 Å². The maximum Gasteiger partial charge on any atom is 0.227 e. The van der Waals surface area contributed by atoms with E-state index >= 15 is 0 Å². The van der Waals surface area contributed by atoms with E-state index in [0.29, 0.717) is 12.6 Å². The molecule has 0 saturated carbocycles. The van der Waals surface area contributed by atoms with E-state index in [9.17, 15) is 0 Å². The average Bonchev–Trinajstić information content (AvgIpc) is 2.47. The SMILES string of the molecule is CCC1CCCCN1c1nc(C)cc(NCCOC)n1. The van der Waals surface area contributed by atoms with Crippen molar-refractivity contribution in [2.45, 2.75) is 45.6 Å². The summed E-state index contributed by atoms with van der Waals surface area (Å²) in [6, 6.07) is 2.57. The maximum atomic E-state index is 5.06. The Morgan fingerprint density at radius 3 is 3.00 bits per heavy atom. The number of rotatable bonds is 6. The molecule has 1 atom stereocenters. The van der Waals surface area contributed by atoms with Gasteiger partial charge in [-0.1, -0.05) is 6.92 Å². The van der Waals surface area contributed by atoms with Crippen molar-refractivity contribution in [3.8, 4) is 0 Å². The van der Waals surface area contributed by atoms with Crippen LogP contribution in [0, 0.1) is 6.92 Å². The van der Waals surface area contributed by atoms with Crippen LogP contribution < -0.4 is 10.2 Å². The van der Waals surface area contributed by atoms with E-state index in [0.717, 1.165) is 37.0 Å². The zero-order valence-electron chi connectivity index (χ0n) is 12.9. The number of aromatic nitrogens is 2. The van der Waals surface area contributed by atoms with Gasteiger partial charge in [0.2, 0.25) is 5.95 Å². The fourth-order valence-electron chi connectivity index (χ4n) is 2.74. The third kappa shape index (κ3) is 3.82. The number of hydrogen-bond acceptors (Lipinski definition) is 5. The van der Waals surface area contributed by atoms with Crippen LogP contribution in [0.3, 0.4) is 0 Å². The van der Waals surface area contributed by atoms with E-state index in [2.05, 4.69) is 27.1 Å². The molecule has 112 valence electrons. The van der Waals surface area contributed by atoms with Crippen LogP contribution in [-0.4, -0.2) is 42.8 Å². The van der Waals surface area contributed by atoms with Gasteiger partial charge >= 0.3 is 0 Å². The van der Waals surface area contributed by atoms with Gasteiger partial charge in [-0.25, -0.2) is 4.98 Å². The minimum atomic E-state index is 0.581. The molecular formula is C15H26N4O. The zero-order chi connectivity index (χ0) is 14.4. The van der Waals surface area contributed by atoms with Crippen molar-refractivity contribution in [2.24, 2.45) is 0 Å². The number of anilines is 2. The predicted octanol–water partition coefficient (Wildman–Crippen LogP) is 2.61. The van der Waals surface area contributed by atoms with E-state index in [-0.39, 0.29) is 0 Å². The van der Waals surface area contributed by atoms with E-state index in [1.54, 1.807) is 7.11 Å². The summed E-state index contributed by atoms with van der Waals surface area (Å²) in [6.45, 7) is 6.79. The van der Waals surface area contributed by atoms with Gasteiger partial charge in [0.05, 0.1) is 6.61 Å². The van der Waals surface area contributed by atoms with Crippen LogP contribution in [0.4, 0.5) is 11.8 Å². The fraction of sp³-hybridized carbons (Fsp3) is 0.733.